The lowest BCUT2D eigenvalue weighted by Gasteiger charge is -2.20. The highest BCUT2D eigenvalue weighted by Crippen LogP contribution is 2.39. The molecule has 1 aliphatic carbocycles. The Kier molecular flexibility index (Phi) is 6.40. The average Bonchev–Trinajstić information content (AvgIpc) is 3.55. The van der Waals surface area contributed by atoms with Gasteiger partial charge in [0.1, 0.15) is 19.0 Å². The van der Waals surface area contributed by atoms with Crippen LogP contribution in [0.3, 0.4) is 0 Å². The number of pyridine rings is 1. The zero-order valence-electron chi connectivity index (χ0n) is 21.3. The summed E-state index contributed by atoms with van der Waals surface area (Å²) in [6.07, 6.45) is 7.32. The first-order valence-electron chi connectivity index (χ1n) is 12.7. The van der Waals surface area contributed by atoms with Gasteiger partial charge in [-0.15, -0.1) is 0 Å². The highest BCUT2D eigenvalue weighted by molar-refractivity contribution is 5.88. The number of benzene rings is 1. The number of anilines is 1. The molecule has 0 bridgehead atoms. The molecule has 0 unspecified atom stereocenters. The number of amides is 1. The zero-order chi connectivity index (χ0) is 26.1. The Bertz CT molecular complexity index is 1490. The molecule has 1 saturated carbocycles. The van der Waals surface area contributed by atoms with Crippen molar-refractivity contribution in [1.29, 1.82) is 0 Å². The van der Waals surface area contributed by atoms with Gasteiger partial charge in [0.15, 0.2) is 12.4 Å². The molecule has 1 aliphatic heterocycles. The molecule has 0 saturated heterocycles. The summed E-state index contributed by atoms with van der Waals surface area (Å²) in [5.74, 6) is 2.47. The Morgan fingerprint density at radius 1 is 1.11 bits per heavy atom. The van der Waals surface area contributed by atoms with Crippen LogP contribution in [0.2, 0.25) is 0 Å². The molecular formula is C27H29N7O4. The van der Waals surface area contributed by atoms with Crippen LogP contribution in [0, 0.1) is 6.92 Å². The van der Waals surface area contributed by atoms with E-state index >= 15 is 0 Å². The predicted molar refractivity (Wildman–Crippen MR) is 140 cm³/mol. The number of carbonyl (C=O) groups is 1. The third-order valence-electron chi connectivity index (χ3n) is 6.98. The highest BCUT2D eigenvalue weighted by Gasteiger charge is 2.27. The third kappa shape index (κ3) is 4.91. The second-order valence-electron chi connectivity index (χ2n) is 9.58. The third-order valence-corrected chi connectivity index (χ3v) is 6.98. The number of hydrogen-bond donors (Lipinski definition) is 2. The minimum absolute atomic E-state index is 0.0305. The maximum absolute atomic E-state index is 12.2. The molecule has 3 aromatic heterocycles. The number of alkyl carbamates (subject to hydrolysis) is 1. The van der Waals surface area contributed by atoms with Crippen molar-refractivity contribution < 1.29 is 19.0 Å². The lowest BCUT2D eigenvalue weighted by Crippen LogP contribution is -2.34. The molecule has 1 aromatic carbocycles. The lowest BCUT2D eigenvalue weighted by molar-refractivity contribution is 0.132. The van der Waals surface area contributed by atoms with Gasteiger partial charge in [-0.25, -0.2) is 24.7 Å². The van der Waals surface area contributed by atoms with Crippen LogP contribution < -0.4 is 20.1 Å². The summed E-state index contributed by atoms with van der Waals surface area (Å²) in [5, 5.41) is 7.38. The van der Waals surface area contributed by atoms with Crippen LogP contribution in [0.5, 0.6) is 11.6 Å². The van der Waals surface area contributed by atoms with Gasteiger partial charge in [-0.05, 0) is 49.9 Å². The van der Waals surface area contributed by atoms with E-state index in [1.807, 2.05) is 42.9 Å². The van der Waals surface area contributed by atoms with E-state index in [1.165, 1.54) is 0 Å². The first-order chi connectivity index (χ1) is 18.5. The Hall–Kier alpha value is -4.41. The van der Waals surface area contributed by atoms with Crippen molar-refractivity contribution in [2.45, 2.75) is 44.9 Å². The molecule has 1 amide bonds. The molecule has 0 radical (unpaired) electrons. The van der Waals surface area contributed by atoms with Gasteiger partial charge in [0.05, 0.1) is 11.2 Å². The van der Waals surface area contributed by atoms with Gasteiger partial charge in [0.2, 0.25) is 5.95 Å². The highest BCUT2D eigenvalue weighted by atomic mass is 16.6. The SMILES string of the molecule is Cc1nc(N[C@@H]2CC[C@H](NC(=O)OCc3nccn3C)C2)nc2ccc(-c3ccnc4c3OCCO4)cc12. The summed E-state index contributed by atoms with van der Waals surface area (Å²) < 4.78 is 18.6. The zero-order valence-corrected chi connectivity index (χ0v) is 21.3. The first kappa shape index (κ1) is 24.0. The number of ether oxygens (including phenoxy) is 3. The quantitative estimate of drug-likeness (QED) is 0.395. The van der Waals surface area contributed by atoms with Crippen molar-refractivity contribution in [2.75, 3.05) is 18.5 Å². The number of rotatable bonds is 6. The number of nitrogens with one attached hydrogen (secondary N) is 2. The molecule has 0 spiro atoms. The van der Waals surface area contributed by atoms with Crippen LogP contribution in [-0.2, 0) is 18.4 Å². The van der Waals surface area contributed by atoms with Crippen molar-refractivity contribution in [3.63, 3.8) is 0 Å². The first-order valence-corrected chi connectivity index (χ1v) is 12.7. The van der Waals surface area contributed by atoms with E-state index < -0.39 is 6.09 Å². The number of hydrogen-bond acceptors (Lipinski definition) is 9. The fourth-order valence-electron chi connectivity index (χ4n) is 4.99. The maximum atomic E-state index is 12.2. The summed E-state index contributed by atoms with van der Waals surface area (Å²) in [6, 6.07) is 8.22. The van der Waals surface area contributed by atoms with Crippen molar-refractivity contribution in [2.24, 2.45) is 7.05 Å². The maximum Gasteiger partial charge on any atom is 0.407 e. The Morgan fingerprint density at radius 2 is 1.97 bits per heavy atom. The van der Waals surface area contributed by atoms with Crippen molar-refractivity contribution in [3.05, 3.63) is 54.4 Å². The van der Waals surface area contributed by atoms with Gasteiger partial charge in [-0.3, -0.25) is 0 Å². The van der Waals surface area contributed by atoms with E-state index in [4.69, 9.17) is 24.2 Å². The van der Waals surface area contributed by atoms with Gasteiger partial charge in [0, 0.05) is 48.7 Å². The Morgan fingerprint density at radius 3 is 2.84 bits per heavy atom. The summed E-state index contributed by atoms with van der Waals surface area (Å²) >= 11 is 0. The van der Waals surface area contributed by atoms with E-state index in [0.717, 1.165) is 47.0 Å². The monoisotopic (exact) mass is 515 g/mol. The van der Waals surface area contributed by atoms with E-state index in [2.05, 4.69) is 26.7 Å². The molecule has 4 aromatic rings. The van der Waals surface area contributed by atoms with E-state index in [1.54, 1.807) is 12.4 Å². The predicted octanol–water partition coefficient (Wildman–Crippen LogP) is 3.76. The Labute approximate surface area is 219 Å². The molecule has 4 heterocycles. The van der Waals surface area contributed by atoms with Crippen molar-refractivity contribution in [1.82, 2.24) is 29.8 Å². The van der Waals surface area contributed by atoms with Crippen LogP contribution in [0.4, 0.5) is 10.7 Å². The molecule has 196 valence electrons. The minimum atomic E-state index is -0.431. The van der Waals surface area contributed by atoms with Gasteiger partial charge < -0.3 is 29.4 Å². The smallest absolute Gasteiger partial charge is 0.407 e. The summed E-state index contributed by atoms with van der Waals surface area (Å²) in [4.78, 5) is 30.2. The molecule has 2 atom stereocenters. The van der Waals surface area contributed by atoms with Crippen LogP contribution in [0.25, 0.3) is 22.0 Å². The van der Waals surface area contributed by atoms with E-state index in [9.17, 15) is 4.79 Å². The van der Waals surface area contributed by atoms with Gasteiger partial charge in [-0.1, -0.05) is 6.07 Å². The molecule has 11 nitrogen and oxygen atoms in total. The number of aromatic nitrogens is 5. The molecular weight excluding hydrogens is 486 g/mol. The molecule has 2 aliphatic rings. The second kappa shape index (κ2) is 10.2. The summed E-state index contributed by atoms with van der Waals surface area (Å²) in [7, 11) is 1.87. The van der Waals surface area contributed by atoms with Crippen LogP contribution >= 0.6 is 0 Å². The number of imidazole rings is 1. The van der Waals surface area contributed by atoms with E-state index in [-0.39, 0.29) is 18.7 Å². The standard InChI is InChI=1S/C27H29N7O4/c1-16-21-13-17(20-7-8-29-25-24(20)36-11-12-37-25)3-6-22(21)33-26(30-16)31-18-4-5-19(14-18)32-27(35)38-15-23-28-9-10-34(23)2/h3,6-10,13,18-19H,4-5,11-12,14-15H2,1-2H3,(H,32,35)(H,30,31,33)/t18-,19+/m1/s1. The fourth-order valence-corrected chi connectivity index (χ4v) is 4.99. The fraction of sp³-hybridized carbons (Fsp3) is 0.370. The topological polar surface area (TPSA) is 125 Å². The number of nitrogens with zero attached hydrogens (tertiary/aromatic N) is 5. The van der Waals surface area contributed by atoms with Gasteiger partial charge >= 0.3 is 6.09 Å². The van der Waals surface area contributed by atoms with E-state index in [0.29, 0.717) is 36.6 Å². The number of aryl methyl sites for hydroxylation is 2. The number of fused-ring (bicyclic) bond motifs is 2. The minimum Gasteiger partial charge on any atom is -0.484 e. The second-order valence-corrected chi connectivity index (χ2v) is 9.58. The van der Waals surface area contributed by atoms with Crippen molar-refractivity contribution >= 4 is 22.9 Å². The number of carbonyl (C=O) groups excluding carboxylic acids is 1. The van der Waals surface area contributed by atoms with Crippen LogP contribution in [0.1, 0.15) is 30.8 Å². The summed E-state index contributed by atoms with van der Waals surface area (Å²) in [6.45, 7) is 3.12. The average molecular weight is 516 g/mol. The molecule has 6 rings (SSSR count). The molecule has 2 N–H and O–H groups in total. The largest absolute Gasteiger partial charge is 0.484 e. The van der Waals surface area contributed by atoms with Gasteiger partial charge in [0.25, 0.3) is 5.88 Å². The Balaban J connectivity index is 1.10. The molecule has 38 heavy (non-hydrogen) atoms. The van der Waals surface area contributed by atoms with Crippen molar-refractivity contribution in [3.8, 4) is 22.8 Å². The van der Waals surface area contributed by atoms with Crippen LogP contribution in [0.15, 0.2) is 42.9 Å². The molecule has 1 fully saturated rings. The molecule has 11 heteroatoms. The lowest BCUT2D eigenvalue weighted by atomic mass is 10.0. The normalized spacial score (nSPS) is 18.4. The van der Waals surface area contributed by atoms with Crippen LogP contribution in [-0.4, -0.2) is 55.9 Å². The van der Waals surface area contributed by atoms with Gasteiger partial charge in [-0.2, -0.15) is 0 Å². The summed E-state index contributed by atoms with van der Waals surface area (Å²) in [5.41, 5.74) is 3.66.